The minimum atomic E-state index is 0.0920. The van der Waals surface area contributed by atoms with Gasteiger partial charge in [0.2, 0.25) is 5.91 Å². The van der Waals surface area contributed by atoms with Gasteiger partial charge in [0, 0.05) is 18.7 Å². The van der Waals surface area contributed by atoms with Gasteiger partial charge in [-0.3, -0.25) is 4.79 Å². The Kier molecular flexibility index (Phi) is 2.57. The van der Waals surface area contributed by atoms with Gasteiger partial charge in [0.05, 0.1) is 12.0 Å². The van der Waals surface area contributed by atoms with Crippen molar-refractivity contribution in [3.63, 3.8) is 0 Å². The van der Waals surface area contributed by atoms with Crippen LogP contribution in [-0.2, 0) is 4.79 Å². The molecule has 0 aromatic carbocycles. The monoisotopic (exact) mass is 247 g/mol. The van der Waals surface area contributed by atoms with E-state index in [1.54, 1.807) is 0 Å². The standard InChI is InChI=1S/C12H17N5O/c1-7-10(13)15-6-16-11(7)17-4-2-3-8-9(17)5-14-12(8)18/h6,8-9H,2-5H2,1H3,(H,14,18)(H2,13,15,16). The second-order valence-corrected chi connectivity index (χ2v) is 4.96. The van der Waals surface area contributed by atoms with Crippen LogP contribution in [0.15, 0.2) is 6.33 Å². The van der Waals surface area contributed by atoms with E-state index < -0.39 is 0 Å². The molecule has 0 aliphatic carbocycles. The van der Waals surface area contributed by atoms with E-state index in [0.29, 0.717) is 12.4 Å². The average Bonchev–Trinajstić information content (AvgIpc) is 2.75. The third-order valence-electron chi connectivity index (χ3n) is 3.97. The van der Waals surface area contributed by atoms with Gasteiger partial charge in [-0.2, -0.15) is 0 Å². The summed E-state index contributed by atoms with van der Waals surface area (Å²) < 4.78 is 0. The second-order valence-electron chi connectivity index (χ2n) is 4.96. The maximum atomic E-state index is 11.7. The molecule has 1 aromatic heterocycles. The largest absolute Gasteiger partial charge is 0.383 e. The highest BCUT2D eigenvalue weighted by molar-refractivity contribution is 5.83. The lowest BCUT2D eigenvalue weighted by molar-refractivity contribution is -0.122. The molecule has 2 unspecified atom stereocenters. The number of nitrogens with one attached hydrogen (secondary N) is 1. The molecule has 96 valence electrons. The van der Waals surface area contributed by atoms with Crippen LogP contribution in [0.1, 0.15) is 18.4 Å². The van der Waals surface area contributed by atoms with Gasteiger partial charge in [-0.1, -0.05) is 0 Å². The van der Waals surface area contributed by atoms with Crippen molar-refractivity contribution in [1.29, 1.82) is 0 Å². The van der Waals surface area contributed by atoms with E-state index >= 15 is 0 Å². The average molecular weight is 247 g/mol. The molecule has 6 heteroatoms. The first-order valence-electron chi connectivity index (χ1n) is 6.30. The number of nitrogens with two attached hydrogens (primary N) is 1. The molecular weight excluding hydrogens is 230 g/mol. The van der Waals surface area contributed by atoms with E-state index in [1.807, 2.05) is 6.92 Å². The Morgan fingerprint density at radius 1 is 1.50 bits per heavy atom. The number of amides is 1. The summed E-state index contributed by atoms with van der Waals surface area (Å²) in [5.41, 5.74) is 6.73. The minimum Gasteiger partial charge on any atom is -0.383 e. The Morgan fingerprint density at radius 2 is 2.33 bits per heavy atom. The molecule has 18 heavy (non-hydrogen) atoms. The summed E-state index contributed by atoms with van der Waals surface area (Å²) in [6, 6.07) is 0.208. The van der Waals surface area contributed by atoms with E-state index in [9.17, 15) is 4.79 Å². The SMILES string of the molecule is Cc1c(N)ncnc1N1CCCC2C(=O)NCC21. The number of carbonyl (C=O) groups excluding carboxylic acids is 1. The zero-order valence-electron chi connectivity index (χ0n) is 10.4. The highest BCUT2D eigenvalue weighted by Crippen LogP contribution is 2.32. The zero-order valence-corrected chi connectivity index (χ0v) is 10.4. The molecule has 0 bridgehead atoms. The molecule has 0 radical (unpaired) electrons. The number of nitrogens with zero attached hydrogens (tertiary/aromatic N) is 3. The smallest absolute Gasteiger partial charge is 0.225 e. The first kappa shape index (κ1) is 11.3. The minimum absolute atomic E-state index is 0.0920. The molecule has 0 saturated carbocycles. The molecule has 1 amide bonds. The van der Waals surface area contributed by atoms with Crippen LogP contribution >= 0.6 is 0 Å². The first-order chi connectivity index (χ1) is 8.68. The van der Waals surface area contributed by atoms with Gasteiger partial charge in [0.25, 0.3) is 0 Å². The molecule has 2 aliphatic rings. The van der Waals surface area contributed by atoms with Gasteiger partial charge in [0.15, 0.2) is 0 Å². The number of fused-ring (bicyclic) bond motifs is 1. The normalized spacial score (nSPS) is 26.9. The van der Waals surface area contributed by atoms with Gasteiger partial charge in [-0.05, 0) is 19.8 Å². The number of hydrogen-bond acceptors (Lipinski definition) is 5. The van der Waals surface area contributed by atoms with E-state index in [0.717, 1.165) is 30.8 Å². The Balaban J connectivity index is 1.96. The quantitative estimate of drug-likeness (QED) is 0.734. The molecule has 2 aliphatic heterocycles. The third kappa shape index (κ3) is 1.60. The second kappa shape index (κ2) is 4.12. The summed E-state index contributed by atoms with van der Waals surface area (Å²) in [6.07, 6.45) is 3.47. The van der Waals surface area contributed by atoms with Crippen LogP contribution in [0.4, 0.5) is 11.6 Å². The number of hydrogen-bond donors (Lipinski definition) is 2. The Morgan fingerprint density at radius 3 is 3.17 bits per heavy atom. The van der Waals surface area contributed by atoms with Gasteiger partial charge in [-0.15, -0.1) is 0 Å². The summed E-state index contributed by atoms with van der Waals surface area (Å²) in [7, 11) is 0. The topological polar surface area (TPSA) is 84.1 Å². The van der Waals surface area contributed by atoms with Crippen LogP contribution in [-0.4, -0.2) is 35.0 Å². The van der Waals surface area contributed by atoms with E-state index in [1.165, 1.54) is 6.33 Å². The number of piperidine rings is 1. The van der Waals surface area contributed by atoms with Crippen LogP contribution < -0.4 is 16.0 Å². The first-order valence-corrected chi connectivity index (χ1v) is 6.30. The van der Waals surface area contributed by atoms with Gasteiger partial charge >= 0.3 is 0 Å². The van der Waals surface area contributed by atoms with Gasteiger partial charge in [0.1, 0.15) is 18.0 Å². The molecular formula is C12H17N5O. The molecule has 6 nitrogen and oxygen atoms in total. The van der Waals surface area contributed by atoms with Crippen LogP contribution in [0.3, 0.4) is 0 Å². The number of aromatic nitrogens is 2. The van der Waals surface area contributed by atoms with Crippen molar-refractivity contribution < 1.29 is 4.79 Å². The summed E-state index contributed by atoms with van der Waals surface area (Å²) in [4.78, 5) is 22.3. The molecule has 3 rings (SSSR count). The summed E-state index contributed by atoms with van der Waals surface area (Å²) >= 11 is 0. The van der Waals surface area contributed by atoms with E-state index in [-0.39, 0.29) is 17.9 Å². The Bertz CT molecular complexity index is 489. The zero-order chi connectivity index (χ0) is 12.7. The number of nitrogen functional groups attached to an aromatic ring is 1. The van der Waals surface area contributed by atoms with Crippen LogP contribution in [0.5, 0.6) is 0 Å². The lowest BCUT2D eigenvalue weighted by Crippen LogP contribution is -2.46. The lowest BCUT2D eigenvalue weighted by Gasteiger charge is -2.37. The van der Waals surface area contributed by atoms with Crippen molar-refractivity contribution in [2.45, 2.75) is 25.8 Å². The Labute approximate surface area is 106 Å². The fourth-order valence-corrected chi connectivity index (χ4v) is 2.96. The fourth-order valence-electron chi connectivity index (χ4n) is 2.96. The highest BCUT2D eigenvalue weighted by atomic mass is 16.2. The molecule has 3 N–H and O–H groups in total. The van der Waals surface area contributed by atoms with Crippen LogP contribution in [0.25, 0.3) is 0 Å². The summed E-state index contributed by atoms with van der Waals surface area (Å²) in [5.74, 6) is 1.65. The fraction of sp³-hybridized carbons (Fsp3) is 0.583. The predicted molar refractivity (Wildman–Crippen MR) is 68.0 cm³/mol. The van der Waals surface area contributed by atoms with Gasteiger partial charge < -0.3 is 16.0 Å². The third-order valence-corrected chi connectivity index (χ3v) is 3.97. The van der Waals surface area contributed by atoms with Crippen LogP contribution in [0.2, 0.25) is 0 Å². The van der Waals surface area contributed by atoms with Crippen LogP contribution in [0, 0.1) is 12.8 Å². The molecule has 2 saturated heterocycles. The van der Waals surface area contributed by atoms with E-state index in [2.05, 4.69) is 20.2 Å². The van der Waals surface area contributed by atoms with Crippen molar-refractivity contribution >= 4 is 17.5 Å². The Hall–Kier alpha value is -1.85. The molecule has 1 aromatic rings. The van der Waals surface area contributed by atoms with Crippen molar-refractivity contribution in [3.8, 4) is 0 Å². The number of carbonyl (C=O) groups is 1. The molecule has 2 atom stereocenters. The van der Waals surface area contributed by atoms with E-state index in [4.69, 9.17) is 5.73 Å². The molecule has 3 heterocycles. The van der Waals surface area contributed by atoms with Crippen molar-refractivity contribution in [3.05, 3.63) is 11.9 Å². The number of anilines is 2. The highest BCUT2D eigenvalue weighted by Gasteiger charge is 2.41. The maximum Gasteiger partial charge on any atom is 0.225 e. The van der Waals surface area contributed by atoms with Crippen molar-refractivity contribution in [1.82, 2.24) is 15.3 Å². The van der Waals surface area contributed by atoms with Gasteiger partial charge in [-0.25, -0.2) is 9.97 Å². The number of rotatable bonds is 1. The molecule has 0 spiro atoms. The lowest BCUT2D eigenvalue weighted by atomic mass is 9.91. The van der Waals surface area contributed by atoms with Crippen molar-refractivity contribution in [2.75, 3.05) is 23.7 Å². The van der Waals surface area contributed by atoms with Crippen molar-refractivity contribution in [2.24, 2.45) is 5.92 Å². The summed E-state index contributed by atoms with van der Waals surface area (Å²) in [5, 5.41) is 2.94. The predicted octanol–water partition coefficient (Wildman–Crippen LogP) is 0.0820. The maximum absolute atomic E-state index is 11.7. The summed E-state index contributed by atoms with van der Waals surface area (Å²) in [6.45, 7) is 3.55. The molecule has 2 fully saturated rings.